The van der Waals surface area contributed by atoms with Gasteiger partial charge in [-0.15, -0.1) is 11.3 Å². The number of benzene rings is 1. The van der Waals surface area contributed by atoms with Crippen molar-refractivity contribution in [3.05, 3.63) is 46.0 Å². The highest BCUT2D eigenvalue weighted by Gasteiger charge is 2.24. The van der Waals surface area contributed by atoms with Crippen LogP contribution in [0.3, 0.4) is 0 Å². The van der Waals surface area contributed by atoms with Crippen molar-refractivity contribution in [2.75, 3.05) is 19.5 Å². The maximum Gasteiger partial charge on any atom is 0.278 e. The molecule has 28 heavy (non-hydrogen) atoms. The first-order chi connectivity index (χ1) is 13.6. The zero-order chi connectivity index (χ0) is 19.7. The fraction of sp³-hybridized carbons (Fsp3) is 0.250. The molecular weight excluding hydrogens is 378 g/mol. The Kier molecular flexibility index (Phi) is 4.75. The molecule has 7 nitrogen and oxygen atoms in total. The monoisotopic (exact) mass is 395 g/mol. The molecule has 0 atom stereocenters. The Balaban J connectivity index is 1.60. The molecule has 0 fully saturated rings. The number of carbonyl (C=O) groups excluding carboxylic acids is 1. The van der Waals surface area contributed by atoms with Crippen molar-refractivity contribution in [2.24, 2.45) is 0 Å². The van der Waals surface area contributed by atoms with Crippen molar-refractivity contribution in [2.45, 2.75) is 19.3 Å². The van der Waals surface area contributed by atoms with E-state index in [9.17, 15) is 10.1 Å². The summed E-state index contributed by atoms with van der Waals surface area (Å²) in [6.07, 6.45) is 2.89. The normalized spacial score (nSPS) is 12.3. The van der Waals surface area contributed by atoms with E-state index in [0.717, 1.165) is 24.8 Å². The molecule has 8 heteroatoms. The largest absolute Gasteiger partial charge is 0.497 e. The molecule has 0 saturated carbocycles. The van der Waals surface area contributed by atoms with Gasteiger partial charge >= 0.3 is 0 Å². The quantitative estimate of drug-likeness (QED) is 0.700. The Hall–Kier alpha value is -3.31. The van der Waals surface area contributed by atoms with Crippen LogP contribution in [-0.4, -0.2) is 25.3 Å². The number of nitrogens with one attached hydrogen (secondary N) is 1. The number of carbonyl (C=O) groups is 1. The SMILES string of the molecule is COc1ccc(OC)c(-c2cc(C(=O)Nc3sc4c(c3C#N)CCC4)no2)c1. The van der Waals surface area contributed by atoms with Gasteiger partial charge in [-0.2, -0.15) is 5.26 Å². The Morgan fingerprint density at radius 1 is 1.29 bits per heavy atom. The average Bonchev–Trinajstić information content (AvgIpc) is 3.43. The Bertz CT molecular complexity index is 1090. The van der Waals surface area contributed by atoms with Crippen molar-refractivity contribution in [1.82, 2.24) is 5.16 Å². The number of aromatic nitrogens is 1. The van der Waals surface area contributed by atoms with E-state index < -0.39 is 5.91 Å². The lowest BCUT2D eigenvalue weighted by molar-refractivity contribution is 0.101. The lowest BCUT2D eigenvalue weighted by atomic mass is 10.1. The molecule has 1 amide bonds. The van der Waals surface area contributed by atoms with E-state index in [1.54, 1.807) is 38.5 Å². The highest BCUT2D eigenvalue weighted by molar-refractivity contribution is 7.16. The van der Waals surface area contributed by atoms with Gasteiger partial charge in [0.2, 0.25) is 0 Å². The van der Waals surface area contributed by atoms with Crippen LogP contribution < -0.4 is 14.8 Å². The summed E-state index contributed by atoms with van der Waals surface area (Å²) in [6.45, 7) is 0. The summed E-state index contributed by atoms with van der Waals surface area (Å²) in [5.41, 5.74) is 2.37. The van der Waals surface area contributed by atoms with E-state index in [-0.39, 0.29) is 5.69 Å². The van der Waals surface area contributed by atoms with Gasteiger partial charge in [-0.25, -0.2) is 0 Å². The van der Waals surface area contributed by atoms with Gasteiger partial charge < -0.3 is 19.3 Å². The topological polar surface area (TPSA) is 97.4 Å². The predicted octanol–water partition coefficient (Wildman–Crippen LogP) is 4.03. The van der Waals surface area contributed by atoms with Crippen LogP contribution in [0.1, 0.15) is 32.9 Å². The van der Waals surface area contributed by atoms with E-state index in [1.807, 2.05) is 0 Å². The first kappa shape index (κ1) is 18.1. The average molecular weight is 395 g/mol. The molecule has 4 rings (SSSR count). The van der Waals surface area contributed by atoms with Crippen LogP contribution >= 0.6 is 11.3 Å². The first-order valence-electron chi connectivity index (χ1n) is 8.69. The second-order valence-electron chi connectivity index (χ2n) is 6.27. The summed E-state index contributed by atoms with van der Waals surface area (Å²) in [4.78, 5) is 13.8. The minimum Gasteiger partial charge on any atom is -0.497 e. The molecule has 0 unspecified atom stereocenters. The zero-order valence-electron chi connectivity index (χ0n) is 15.4. The number of nitrogens with zero attached hydrogens (tertiary/aromatic N) is 2. The third-order valence-electron chi connectivity index (χ3n) is 4.68. The number of thiophene rings is 1. The summed E-state index contributed by atoms with van der Waals surface area (Å²) in [6, 6.07) is 9.03. The number of nitriles is 1. The highest BCUT2D eigenvalue weighted by Crippen LogP contribution is 2.39. The van der Waals surface area contributed by atoms with Crippen molar-refractivity contribution in [3.8, 4) is 28.9 Å². The maximum absolute atomic E-state index is 12.6. The van der Waals surface area contributed by atoms with E-state index in [1.165, 1.54) is 16.2 Å². The molecular formula is C20H17N3O4S. The van der Waals surface area contributed by atoms with Gasteiger partial charge in [-0.05, 0) is 43.0 Å². The minimum absolute atomic E-state index is 0.123. The van der Waals surface area contributed by atoms with Crippen LogP contribution in [-0.2, 0) is 12.8 Å². The number of hydrogen-bond acceptors (Lipinski definition) is 7. The number of anilines is 1. The van der Waals surface area contributed by atoms with E-state index in [4.69, 9.17) is 14.0 Å². The molecule has 142 valence electrons. The molecule has 0 saturated heterocycles. The molecule has 1 aliphatic carbocycles. The molecule has 0 bridgehead atoms. The molecule has 1 aromatic carbocycles. The van der Waals surface area contributed by atoms with Crippen LogP contribution in [0.25, 0.3) is 11.3 Å². The number of amides is 1. The van der Waals surface area contributed by atoms with E-state index >= 15 is 0 Å². The Morgan fingerprint density at radius 3 is 2.89 bits per heavy atom. The second-order valence-corrected chi connectivity index (χ2v) is 7.38. The number of rotatable bonds is 5. The molecule has 1 N–H and O–H groups in total. The third-order valence-corrected chi connectivity index (χ3v) is 5.88. The van der Waals surface area contributed by atoms with Crippen molar-refractivity contribution < 1.29 is 18.8 Å². The molecule has 0 radical (unpaired) electrons. The van der Waals surface area contributed by atoms with Crippen molar-refractivity contribution >= 4 is 22.2 Å². The van der Waals surface area contributed by atoms with Gasteiger partial charge in [-0.3, -0.25) is 4.79 Å². The van der Waals surface area contributed by atoms with Crippen LogP contribution in [0.15, 0.2) is 28.8 Å². The Morgan fingerprint density at radius 2 is 2.14 bits per heavy atom. The summed E-state index contributed by atoms with van der Waals surface area (Å²) < 4.78 is 16.0. The summed E-state index contributed by atoms with van der Waals surface area (Å²) >= 11 is 1.46. The lowest BCUT2D eigenvalue weighted by Crippen LogP contribution is -2.12. The summed E-state index contributed by atoms with van der Waals surface area (Å²) in [5.74, 6) is 1.17. The van der Waals surface area contributed by atoms with Gasteiger partial charge in [0.15, 0.2) is 11.5 Å². The van der Waals surface area contributed by atoms with Crippen LogP contribution in [0.5, 0.6) is 11.5 Å². The van der Waals surface area contributed by atoms with Gasteiger partial charge in [0, 0.05) is 10.9 Å². The highest BCUT2D eigenvalue weighted by atomic mass is 32.1. The fourth-order valence-corrected chi connectivity index (χ4v) is 4.53. The van der Waals surface area contributed by atoms with Gasteiger partial charge in [0.25, 0.3) is 5.91 Å². The fourth-order valence-electron chi connectivity index (χ4n) is 3.29. The van der Waals surface area contributed by atoms with Crippen LogP contribution in [0, 0.1) is 11.3 Å². The third kappa shape index (κ3) is 3.10. The lowest BCUT2D eigenvalue weighted by Gasteiger charge is -2.07. The van der Waals surface area contributed by atoms with Gasteiger partial charge in [-0.1, -0.05) is 5.16 Å². The minimum atomic E-state index is -0.423. The number of fused-ring (bicyclic) bond motifs is 1. The molecule has 0 spiro atoms. The van der Waals surface area contributed by atoms with Crippen molar-refractivity contribution in [3.63, 3.8) is 0 Å². The van der Waals surface area contributed by atoms with Crippen LogP contribution in [0.4, 0.5) is 5.00 Å². The number of aryl methyl sites for hydroxylation is 1. The van der Waals surface area contributed by atoms with Gasteiger partial charge in [0.05, 0.1) is 25.3 Å². The van der Waals surface area contributed by atoms with Crippen LogP contribution in [0.2, 0.25) is 0 Å². The Labute approximate surface area is 165 Å². The maximum atomic E-state index is 12.6. The number of ether oxygens (including phenoxy) is 2. The molecule has 2 heterocycles. The van der Waals surface area contributed by atoms with E-state index in [0.29, 0.717) is 33.4 Å². The molecule has 1 aliphatic rings. The molecule has 2 aromatic heterocycles. The van der Waals surface area contributed by atoms with Gasteiger partial charge in [0.1, 0.15) is 22.6 Å². The van der Waals surface area contributed by atoms with Crippen molar-refractivity contribution in [1.29, 1.82) is 5.26 Å². The number of methoxy groups -OCH3 is 2. The summed E-state index contributed by atoms with van der Waals surface area (Å²) in [5, 5.41) is 16.7. The predicted molar refractivity (Wildman–Crippen MR) is 104 cm³/mol. The number of hydrogen-bond donors (Lipinski definition) is 1. The smallest absolute Gasteiger partial charge is 0.278 e. The van der Waals surface area contributed by atoms with E-state index in [2.05, 4.69) is 16.5 Å². The zero-order valence-corrected chi connectivity index (χ0v) is 16.2. The summed E-state index contributed by atoms with van der Waals surface area (Å²) in [7, 11) is 3.12. The molecule has 0 aliphatic heterocycles. The second kappa shape index (κ2) is 7.37. The first-order valence-corrected chi connectivity index (χ1v) is 9.51. The standard InChI is InChI=1S/C20H17N3O4S/c1-25-11-6-7-16(26-2)13(8-11)17-9-15(23-27-17)19(24)22-20-14(10-21)12-4-3-5-18(12)28-20/h6-9H,3-5H2,1-2H3,(H,22,24). The molecule has 3 aromatic rings.